The molecule has 1 aliphatic rings. The molecule has 0 unspecified atom stereocenters. The van der Waals surface area contributed by atoms with Gasteiger partial charge in [-0.05, 0) is 54.6 Å². The van der Waals surface area contributed by atoms with Crippen LogP contribution >= 0.6 is 11.6 Å². The molecule has 0 atom stereocenters. The summed E-state index contributed by atoms with van der Waals surface area (Å²) in [5.41, 5.74) is 2.35. The normalized spacial score (nSPS) is 15.2. The van der Waals surface area contributed by atoms with Crippen LogP contribution in [0.25, 0.3) is 11.3 Å². The second-order valence-electron chi connectivity index (χ2n) is 6.53. The van der Waals surface area contributed by atoms with E-state index in [-0.39, 0.29) is 5.91 Å². The van der Waals surface area contributed by atoms with E-state index in [1.165, 1.54) is 16.4 Å². The molecule has 3 aromatic rings. The third-order valence-electron chi connectivity index (χ3n) is 4.53. The molecule has 0 radical (unpaired) electrons. The predicted molar refractivity (Wildman–Crippen MR) is 113 cm³/mol. The van der Waals surface area contributed by atoms with Gasteiger partial charge in [0.1, 0.15) is 5.82 Å². The van der Waals surface area contributed by atoms with Crippen LogP contribution in [0.15, 0.2) is 60.8 Å². The quantitative estimate of drug-likeness (QED) is 0.642. The number of amides is 1. The molecule has 7 nitrogen and oxygen atoms in total. The Morgan fingerprint density at radius 2 is 1.90 bits per heavy atom. The molecule has 1 amide bonds. The van der Waals surface area contributed by atoms with Gasteiger partial charge in [0.2, 0.25) is 0 Å². The fourth-order valence-electron chi connectivity index (χ4n) is 3.06. The second-order valence-corrected chi connectivity index (χ2v) is 8.62. The molecule has 10 heteroatoms. The van der Waals surface area contributed by atoms with Gasteiger partial charge < -0.3 is 5.32 Å². The highest BCUT2D eigenvalue weighted by atomic mass is 35.5. The number of hydrogen-bond acceptors (Lipinski definition) is 4. The first kappa shape index (κ1) is 20.3. The Bertz CT molecular complexity index is 1200. The Balaban J connectivity index is 1.53. The summed E-state index contributed by atoms with van der Waals surface area (Å²) in [4.78, 5) is 16.6. The Kier molecular flexibility index (Phi) is 5.42. The van der Waals surface area contributed by atoms with Crippen molar-refractivity contribution in [1.82, 2.24) is 9.71 Å². The topological polar surface area (TPSA) is 91.4 Å². The maximum atomic E-state index is 13.1. The number of aromatic nitrogens is 1. The largest absolute Gasteiger partial charge is 0.322 e. The number of anilines is 2. The molecule has 1 fully saturated rings. The molecular weight excluding hydrogens is 431 g/mol. The van der Waals surface area contributed by atoms with E-state index < -0.39 is 16.0 Å². The minimum Gasteiger partial charge on any atom is -0.322 e. The number of pyridine rings is 1. The Labute approximate surface area is 177 Å². The lowest BCUT2D eigenvalue weighted by Crippen LogP contribution is -2.29. The van der Waals surface area contributed by atoms with Crippen molar-refractivity contribution in [2.45, 2.75) is 0 Å². The summed E-state index contributed by atoms with van der Waals surface area (Å²) in [6.07, 6.45) is 1.09. The van der Waals surface area contributed by atoms with Gasteiger partial charge in [-0.1, -0.05) is 11.6 Å². The third kappa shape index (κ3) is 4.13. The molecule has 0 saturated carbocycles. The van der Waals surface area contributed by atoms with Crippen molar-refractivity contribution in [3.05, 3.63) is 77.2 Å². The molecule has 0 aliphatic carbocycles. The number of hydrogen-bond donors (Lipinski definition) is 2. The smallest absolute Gasteiger partial charge is 0.301 e. The van der Waals surface area contributed by atoms with Gasteiger partial charge in [-0.3, -0.25) is 14.1 Å². The third-order valence-corrected chi connectivity index (χ3v) is 6.41. The minimum atomic E-state index is -3.52. The Hall–Kier alpha value is -3.01. The van der Waals surface area contributed by atoms with E-state index in [1.54, 1.807) is 42.5 Å². The molecule has 1 aromatic heterocycles. The van der Waals surface area contributed by atoms with Crippen LogP contribution < -0.4 is 14.3 Å². The van der Waals surface area contributed by atoms with Crippen molar-refractivity contribution in [1.29, 1.82) is 0 Å². The van der Waals surface area contributed by atoms with E-state index in [1.807, 2.05) is 0 Å². The lowest BCUT2D eigenvalue weighted by molar-refractivity contribution is 0.102. The molecule has 30 heavy (non-hydrogen) atoms. The number of halogens is 2. The SMILES string of the molecule is O=C(Nc1ccc(Cl)c(-c2ccc(F)cn2)c1)c1ccc(N2CCNS2(=O)=O)cc1. The van der Waals surface area contributed by atoms with Crippen molar-refractivity contribution in [3.8, 4) is 11.3 Å². The van der Waals surface area contributed by atoms with Crippen LogP contribution in [0.5, 0.6) is 0 Å². The summed E-state index contributed by atoms with van der Waals surface area (Å²) in [7, 11) is -3.52. The number of nitrogens with zero attached hydrogens (tertiary/aromatic N) is 2. The summed E-state index contributed by atoms with van der Waals surface area (Å²) in [5, 5.41) is 3.18. The van der Waals surface area contributed by atoms with Crippen LogP contribution in [0.4, 0.5) is 15.8 Å². The molecule has 2 aromatic carbocycles. The number of carbonyl (C=O) groups excluding carboxylic acids is 1. The summed E-state index contributed by atoms with van der Waals surface area (Å²) in [6.45, 7) is 0.672. The number of nitrogens with one attached hydrogen (secondary N) is 2. The molecule has 1 saturated heterocycles. The van der Waals surface area contributed by atoms with Crippen molar-refractivity contribution in [2.75, 3.05) is 22.7 Å². The van der Waals surface area contributed by atoms with Crippen LogP contribution in [0.3, 0.4) is 0 Å². The number of rotatable bonds is 4. The zero-order valence-corrected chi connectivity index (χ0v) is 17.0. The molecule has 1 aliphatic heterocycles. The van der Waals surface area contributed by atoms with Crippen molar-refractivity contribution < 1.29 is 17.6 Å². The maximum absolute atomic E-state index is 13.1. The molecule has 2 heterocycles. The predicted octanol–water partition coefficient (Wildman–Crippen LogP) is 3.45. The van der Waals surface area contributed by atoms with Crippen LogP contribution in [-0.2, 0) is 10.2 Å². The van der Waals surface area contributed by atoms with Gasteiger partial charge in [0.05, 0.1) is 22.6 Å². The molecule has 0 bridgehead atoms. The van der Waals surface area contributed by atoms with Crippen LogP contribution in [0, 0.1) is 5.82 Å². The zero-order chi connectivity index (χ0) is 21.3. The summed E-state index contributed by atoms with van der Waals surface area (Å²) < 4.78 is 40.6. The molecule has 154 valence electrons. The number of benzene rings is 2. The van der Waals surface area contributed by atoms with Crippen molar-refractivity contribution >= 4 is 39.1 Å². The number of carbonyl (C=O) groups is 1. The van der Waals surface area contributed by atoms with Gasteiger partial charge in [0.15, 0.2) is 0 Å². The van der Waals surface area contributed by atoms with Crippen molar-refractivity contribution in [3.63, 3.8) is 0 Å². The molecule has 2 N–H and O–H groups in total. The second kappa shape index (κ2) is 8.02. The highest BCUT2D eigenvalue weighted by Gasteiger charge is 2.27. The van der Waals surface area contributed by atoms with Gasteiger partial charge in [-0.25, -0.2) is 4.39 Å². The van der Waals surface area contributed by atoms with E-state index in [0.29, 0.717) is 46.3 Å². The first-order valence-electron chi connectivity index (χ1n) is 8.94. The van der Waals surface area contributed by atoms with Gasteiger partial charge >= 0.3 is 10.2 Å². The minimum absolute atomic E-state index is 0.332. The first-order chi connectivity index (χ1) is 14.3. The van der Waals surface area contributed by atoms with E-state index in [2.05, 4.69) is 15.0 Å². The Morgan fingerprint density at radius 3 is 2.53 bits per heavy atom. The molecular formula is C20H16ClFN4O3S. The average molecular weight is 447 g/mol. The maximum Gasteiger partial charge on any atom is 0.301 e. The monoisotopic (exact) mass is 446 g/mol. The van der Waals surface area contributed by atoms with E-state index >= 15 is 0 Å². The highest BCUT2D eigenvalue weighted by molar-refractivity contribution is 7.91. The van der Waals surface area contributed by atoms with Crippen LogP contribution in [0.2, 0.25) is 5.02 Å². The van der Waals surface area contributed by atoms with Gasteiger partial charge in [-0.2, -0.15) is 13.1 Å². The molecule has 0 spiro atoms. The van der Waals surface area contributed by atoms with Crippen LogP contribution in [-0.4, -0.2) is 32.4 Å². The highest BCUT2D eigenvalue weighted by Crippen LogP contribution is 2.29. The van der Waals surface area contributed by atoms with Gasteiger partial charge in [-0.15, -0.1) is 0 Å². The lowest BCUT2D eigenvalue weighted by Gasteiger charge is -2.16. The summed E-state index contributed by atoms with van der Waals surface area (Å²) in [5.74, 6) is -0.829. The summed E-state index contributed by atoms with van der Waals surface area (Å²) >= 11 is 6.22. The first-order valence-corrected chi connectivity index (χ1v) is 10.8. The van der Waals surface area contributed by atoms with Crippen LogP contribution in [0.1, 0.15) is 10.4 Å². The summed E-state index contributed by atoms with van der Waals surface area (Å²) in [6, 6.07) is 14.0. The van der Waals surface area contributed by atoms with Gasteiger partial charge in [0.25, 0.3) is 5.91 Å². The van der Waals surface area contributed by atoms with Gasteiger partial charge in [0, 0.05) is 29.9 Å². The van der Waals surface area contributed by atoms with E-state index in [9.17, 15) is 17.6 Å². The van der Waals surface area contributed by atoms with E-state index in [4.69, 9.17) is 11.6 Å². The zero-order valence-electron chi connectivity index (χ0n) is 15.5. The van der Waals surface area contributed by atoms with E-state index in [0.717, 1.165) is 6.20 Å². The molecule has 4 rings (SSSR count). The fraction of sp³-hybridized carbons (Fsp3) is 0.100. The van der Waals surface area contributed by atoms with Crippen molar-refractivity contribution in [2.24, 2.45) is 0 Å². The Morgan fingerprint density at radius 1 is 1.13 bits per heavy atom. The average Bonchev–Trinajstić information content (AvgIpc) is 3.09. The fourth-order valence-corrected chi connectivity index (χ4v) is 4.51. The lowest BCUT2D eigenvalue weighted by atomic mass is 10.1. The standard InChI is InChI=1S/C20H16ClFN4O3S/c21-18-7-4-15(11-17(18)19-8-3-14(22)12-23-19)25-20(27)13-1-5-16(6-2-13)26-10-9-24-30(26,28)29/h1-8,11-12,24H,9-10H2,(H,25,27).